The molecule has 1 nitrogen and oxygen atoms in total. The van der Waals surface area contributed by atoms with Gasteiger partial charge in [0, 0.05) is 32.3 Å². The normalized spacial score (nSPS) is 11.3. The third-order valence-corrected chi connectivity index (χ3v) is 4.18. The number of hydrogen-bond acceptors (Lipinski definition) is 2. The van der Waals surface area contributed by atoms with Crippen LogP contribution in [0.3, 0.4) is 0 Å². The van der Waals surface area contributed by atoms with Gasteiger partial charge in [-0.25, -0.2) is 0 Å². The topological polar surface area (TPSA) is 12.9 Å². The summed E-state index contributed by atoms with van der Waals surface area (Å²) >= 11 is 11.3. The van der Waals surface area contributed by atoms with E-state index < -0.39 is 0 Å². The van der Waals surface area contributed by atoms with Crippen LogP contribution >= 0.6 is 38.9 Å². The number of nitrogens with zero attached hydrogens (tertiary/aromatic N) is 1. The van der Waals surface area contributed by atoms with Crippen molar-refractivity contribution in [2.75, 3.05) is 0 Å². The Morgan fingerprint density at radius 2 is 2.07 bits per heavy atom. The molecule has 3 rings (SSSR count). The van der Waals surface area contributed by atoms with Crippen LogP contribution in [0.1, 0.15) is 0 Å². The summed E-state index contributed by atoms with van der Waals surface area (Å²) in [6.45, 7) is 0. The zero-order valence-corrected chi connectivity index (χ0v) is 10.7. The molecule has 0 unspecified atom stereocenters. The summed E-state index contributed by atoms with van der Waals surface area (Å²) in [5, 5.41) is 3.02. The Kier molecular flexibility index (Phi) is 2.20. The molecule has 0 aliphatic heterocycles. The predicted molar refractivity (Wildman–Crippen MR) is 69.8 cm³/mol. The molecule has 0 radical (unpaired) electrons. The van der Waals surface area contributed by atoms with Gasteiger partial charge in [-0.05, 0) is 18.2 Å². The van der Waals surface area contributed by atoms with Crippen molar-refractivity contribution in [2.45, 2.75) is 0 Å². The second-order valence-electron chi connectivity index (χ2n) is 3.24. The fraction of sp³-hybridized carbons (Fsp3) is 0. The first-order valence-corrected chi connectivity index (χ1v) is 6.36. The van der Waals surface area contributed by atoms with E-state index >= 15 is 0 Å². The van der Waals surface area contributed by atoms with Gasteiger partial charge in [0.2, 0.25) is 0 Å². The molecule has 0 fully saturated rings. The largest absolute Gasteiger partial charge is 0.262 e. The molecule has 15 heavy (non-hydrogen) atoms. The summed E-state index contributed by atoms with van der Waals surface area (Å²) in [6, 6.07) is 6.24. The molecular weight excluding hydrogens is 294 g/mol. The van der Waals surface area contributed by atoms with Gasteiger partial charge in [0.1, 0.15) is 0 Å². The van der Waals surface area contributed by atoms with E-state index in [1.54, 1.807) is 17.5 Å². The number of halogens is 2. The van der Waals surface area contributed by atoms with Gasteiger partial charge in [-0.3, -0.25) is 4.98 Å². The summed E-state index contributed by atoms with van der Waals surface area (Å²) in [6.07, 6.45) is 3.55. The van der Waals surface area contributed by atoms with Gasteiger partial charge in [-0.1, -0.05) is 27.5 Å². The van der Waals surface area contributed by atoms with E-state index in [0.717, 1.165) is 19.6 Å². The van der Waals surface area contributed by atoms with Gasteiger partial charge in [-0.15, -0.1) is 11.3 Å². The lowest BCUT2D eigenvalue weighted by Gasteiger charge is -1.94. The summed E-state index contributed by atoms with van der Waals surface area (Å²) in [5.74, 6) is 0. The van der Waals surface area contributed by atoms with E-state index in [0.29, 0.717) is 0 Å². The lowest BCUT2D eigenvalue weighted by Crippen LogP contribution is -1.72. The van der Waals surface area contributed by atoms with Crippen molar-refractivity contribution < 1.29 is 0 Å². The van der Waals surface area contributed by atoms with E-state index in [9.17, 15) is 0 Å². The standard InChI is InChI=1S/C11H5BrClNS/c12-6-1-2-9-7(3-6)11-8(13)4-14-5-10(11)15-9/h1-5H. The Labute approximate surface area is 104 Å². The van der Waals surface area contributed by atoms with Gasteiger partial charge in [0.15, 0.2) is 0 Å². The van der Waals surface area contributed by atoms with Crippen molar-refractivity contribution in [3.63, 3.8) is 0 Å². The minimum absolute atomic E-state index is 0.719. The van der Waals surface area contributed by atoms with Crippen molar-refractivity contribution in [3.8, 4) is 0 Å². The first-order valence-electron chi connectivity index (χ1n) is 4.37. The molecule has 2 heterocycles. The molecular formula is C11H5BrClNS. The van der Waals surface area contributed by atoms with Crippen molar-refractivity contribution in [1.82, 2.24) is 4.98 Å². The van der Waals surface area contributed by atoms with Crippen molar-refractivity contribution in [2.24, 2.45) is 0 Å². The second-order valence-corrected chi connectivity index (χ2v) is 5.64. The first-order chi connectivity index (χ1) is 7.25. The molecule has 3 aromatic rings. The SMILES string of the molecule is Clc1cncc2sc3ccc(Br)cc3c12. The van der Waals surface area contributed by atoms with Crippen LogP contribution in [0.15, 0.2) is 35.1 Å². The Morgan fingerprint density at radius 3 is 2.93 bits per heavy atom. The number of aromatic nitrogens is 1. The lowest BCUT2D eigenvalue weighted by atomic mass is 10.2. The maximum absolute atomic E-state index is 6.16. The van der Waals surface area contributed by atoms with Gasteiger partial charge in [0.25, 0.3) is 0 Å². The van der Waals surface area contributed by atoms with Crippen molar-refractivity contribution in [3.05, 3.63) is 40.1 Å². The van der Waals surface area contributed by atoms with Gasteiger partial charge >= 0.3 is 0 Å². The molecule has 0 bridgehead atoms. The number of benzene rings is 1. The highest BCUT2D eigenvalue weighted by Gasteiger charge is 2.08. The maximum atomic E-state index is 6.16. The smallest absolute Gasteiger partial charge is 0.0682 e. The molecule has 74 valence electrons. The van der Waals surface area contributed by atoms with Crippen LogP contribution in [-0.4, -0.2) is 4.98 Å². The molecule has 0 aliphatic rings. The maximum Gasteiger partial charge on any atom is 0.0682 e. The number of hydrogen-bond donors (Lipinski definition) is 0. The quantitative estimate of drug-likeness (QED) is 0.577. The minimum Gasteiger partial charge on any atom is -0.262 e. The molecule has 1 aromatic carbocycles. The predicted octanol–water partition coefficient (Wildman–Crippen LogP) is 4.87. The van der Waals surface area contributed by atoms with Crippen LogP contribution < -0.4 is 0 Å². The van der Waals surface area contributed by atoms with Gasteiger partial charge < -0.3 is 0 Å². The Bertz CT molecular complexity index is 662. The third kappa shape index (κ3) is 1.46. The molecule has 0 N–H and O–H groups in total. The number of fused-ring (bicyclic) bond motifs is 3. The first kappa shape index (κ1) is 9.58. The van der Waals surface area contributed by atoms with E-state index in [2.05, 4.69) is 33.0 Å². The van der Waals surface area contributed by atoms with Crippen molar-refractivity contribution in [1.29, 1.82) is 0 Å². The highest BCUT2D eigenvalue weighted by Crippen LogP contribution is 2.38. The summed E-state index contributed by atoms with van der Waals surface area (Å²) in [4.78, 5) is 4.10. The number of thiophene rings is 1. The van der Waals surface area contributed by atoms with E-state index in [4.69, 9.17) is 11.6 Å². The van der Waals surface area contributed by atoms with Crippen LogP contribution in [0.5, 0.6) is 0 Å². The van der Waals surface area contributed by atoms with E-state index in [-0.39, 0.29) is 0 Å². The summed E-state index contributed by atoms with van der Waals surface area (Å²) in [7, 11) is 0. The minimum atomic E-state index is 0.719. The van der Waals surface area contributed by atoms with Crippen LogP contribution in [0, 0.1) is 0 Å². The zero-order chi connectivity index (χ0) is 10.4. The highest BCUT2D eigenvalue weighted by atomic mass is 79.9. The summed E-state index contributed by atoms with van der Waals surface area (Å²) < 4.78 is 3.45. The average molecular weight is 299 g/mol. The molecule has 0 atom stereocenters. The molecule has 2 aromatic heterocycles. The highest BCUT2D eigenvalue weighted by molar-refractivity contribution is 9.10. The monoisotopic (exact) mass is 297 g/mol. The Hall–Kier alpha value is -0.640. The zero-order valence-electron chi connectivity index (χ0n) is 7.50. The van der Waals surface area contributed by atoms with Crippen LogP contribution in [0.25, 0.3) is 20.2 Å². The second kappa shape index (κ2) is 3.44. The number of rotatable bonds is 0. The molecule has 0 saturated carbocycles. The van der Waals surface area contributed by atoms with Crippen molar-refractivity contribution >= 4 is 59.0 Å². The van der Waals surface area contributed by atoms with Crippen LogP contribution in [0.2, 0.25) is 5.02 Å². The lowest BCUT2D eigenvalue weighted by molar-refractivity contribution is 1.37. The molecule has 0 spiro atoms. The Balaban J connectivity index is 2.61. The summed E-state index contributed by atoms with van der Waals surface area (Å²) in [5.41, 5.74) is 0. The van der Waals surface area contributed by atoms with E-state index in [1.807, 2.05) is 12.3 Å². The fourth-order valence-electron chi connectivity index (χ4n) is 1.66. The van der Waals surface area contributed by atoms with Crippen LogP contribution in [-0.2, 0) is 0 Å². The van der Waals surface area contributed by atoms with Gasteiger partial charge in [-0.2, -0.15) is 0 Å². The Morgan fingerprint density at radius 1 is 1.20 bits per heavy atom. The van der Waals surface area contributed by atoms with Gasteiger partial charge in [0.05, 0.1) is 9.72 Å². The average Bonchev–Trinajstić information content (AvgIpc) is 2.57. The fourth-order valence-corrected chi connectivity index (χ4v) is 3.42. The van der Waals surface area contributed by atoms with Crippen LogP contribution in [0.4, 0.5) is 0 Å². The third-order valence-electron chi connectivity index (χ3n) is 2.30. The molecule has 0 amide bonds. The molecule has 0 aliphatic carbocycles. The molecule has 0 saturated heterocycles. The number of pyridine rings is 1. The molecule has 4 heteroatoms. The van der Waals surface area contributed by atoms with E-state index in [1.165, 1.54) is 10.1 Å².